The van der Waals surface area contributed by atoms with Gasteiger partial charge >= 0.3 is 0 Å². The van der Waals surface area contributed by atoms with E-state index in [-0.39, 0.29) is 55.5 Å². The van der Waals surface area contributed by atoms with Crippen LogP contribution in [-0.2, 0) is 30.8 Å². The van der Waals surface area contributed by atoms with Crippen molar-refractivity contribution in [2.75, 3.05) is 57.1 Å². The lowest BCUT2D eigenvalue weighted by atomic mass is 10.0. The average molecular weight is 644 g/mol. The van der Waals surface area contributed by atoms with E-state index in [2.05, 4.69) is 10.6 Å². The number of methoxy groups -OCH3 is 1. The number of benzene rings is 3. The molecule has 0 radical (unpaired) electrons. The van der Waals surface area contributed by atoms with Gasteiger partial charge < -0.3 is 20.3 Å². The van der Waals surface area contributed by atoms with Crippen LogP contribution in [0.25, 0.3) is 0 Å². The number of anilines is 2. The first-order chi connectivity index (χ1) is 21.3. The highest BCUT2D eigenvalue weighted by Crippen LogP contribution is 2.21. The molecule has 0 aromatic heterocycles. The summed E-state index contributed by atoms with van der Waals surface area (Å²) in [5.41, 5.74) is 1.19. The predicted octanol–water partition coefficient (Wildman–Crippen LogP) is 2.63. The molecular formula is C31H35F2N5O6S. The summed E-state index contributed by atoms with van der Waals surface area (Å²) in [4.78, 5) is 41.1. The van der Waals surface area contributed by atoms with Gasteiger partial charge in [0.1, 0.15) is 23.4 Å². The number of amides is 3. The van der Waals surface area contributed by atoms with E-state index in [1.54, 1.807) is 29.2 Å². The van der Waals surface area contributed by atoms with Gasteiger partial charge in [-0.25, -0.2) is 17.2 Å². The first kappa shape index (κ1) is 33.5. The fourth-order valence-corrected chi connectivity index (χ4v) is 6.39. The van der Waals surface area contributed by atoms with Gasteiger partial charge in [0.15, 0.2) is 0 Å². The van der Waals surface area contributed by atoms with Gasteiger partial charge in [0.2, 0.25) is 27.7 Å². The highest BCUT2D eigenvalue weighted by molar-refractivity contribution is 7.89. The van der Waals surface area contributed by atoms with Gasteiger partial charge in [-0.05, 0) is 66.2 Å². The number of carbonyl (C=O) groups excluding carboxylic acids is 3. The summed E-state index contributed by atoms with van der Waals surface area (Å²) in [6.45, 7) is 2.02. The minimum atomic E-state index is -3.80. The maximum atomic E-state index is 13.9. The normalized spacial score (nSPS) is 14.8. The summed E-state index contributed by atoms with van der Waals surface area (Å²) in [5, 5.41) is 5.30. The number of sulfonamides is 1. The fraction of sp³-hybridized carbons (Fsp3) is 0.323. The van der Waals surface area contributed by atoms with Gasteiger partial charge in [0, 0.05) is 64.0 Å². The summed E-state index contributed by atoms with van der Waals surface area (Å²) in [6, 6.07) is 14.3. The molecule has 3 amide bonds. The fourth-order valence-electron chi connectivity index (χ4n) is 4.97. The largest absolute Gasteiger partial charge is 0.497 e. The third-order valence-corrected chi connectivity index (χ3v) is 9.21. The summed E-state index contributed by atoms with van der Waals surface area (Å²) >= 11 is 0. The van der Waals surface area contributed by atoms with Crippen molar-refractivity contribution in [3.8, 4) is 5.75 Å². The van der Waals surface area contributed by atoms with Crippen molar-refractivity contribution in [2.24, 2.45) is 0 Å². The molecule has 11 nitrogen and oxygen atoms in total. The second kappa shape index (κ2) is 14.6. The molecule has 0 bridgehead atoms. The molecule has 0 unspecified atom stereocenters. The minimum Gasteiger partial charge on any atom is -0.497 e. The summed E-state index contributed by atoms with van der Waals surface area (Å²) in [7, 11) is -0.752. The van der Waals surface area contributed by atoms with E-state index in [1.165, 1.54) is 54.6 Å². The second-order valence-corrected chi connectivity index (χ2v) is 12.5. The number of nitrogens with zero attached hydrogens (tertiary/aromatic N) is 3. The molecular weight excluding hydrogens is 608 g/mol. The molecule has 14 heteroatoms. The average Bonchev–Trinajstić information content (AvgIpc) is 3.00. The molecule has 45 heavy (non-hydrogen) atoms. The molecule has 0 aliphatic carbocycles. The van der Waals surface area contributed by atoms with Crippen LogP contribution >= 0.6 is 0 Å². The van der Waals surface area contributed by atoms with Gasteiger partial charge in [-0.1, -0.05) is 0 Å². The highest BCUT2D eigenvalue weighted by atomic mass is 32.2. The number of halogens is 2. The number of piperazine rings is 1. The summed E-state index contributed by atoms with van der Waals surface area (Å²) < 4.78 is 60.6. The Kier molecular flexibility index (Phi) is 10.9. The summed E-state index contributed by atoms with van der Waals surface area (Å²) in [6.07, 6.45) is -0.160. The van der Waals surface area contributed by atoms with Crippen LogP contribution in [0.1, 0.15) is 12.5 Å². The Bertz CT molecular complexity index is 1610. The zero-order valence-electron chi connectivity index (χ0n) is 25.1. The molecule has 1 heterocycles. The van der Waals surface area contributed by atoms with Gasteiger partial charge in [-0.3, -0.25) is 19.3 Å². The Labute approximate surface area is 260 Å². The maximum Gasteiger partial charge on any atom is 0.249 e. The molecule has 2 N–H and O–H groups in total. The standard InChI is InChI=1S/C31H35F2N5O6S/c1-21(39)34-25-4-10-28(11-5-25)45(42,43)38-14-12-37(13-15-38)20-30(40)35-29(18-22-16-23(32)19-24(33)17-22)31(41)36(2)26-6-8-27(44-3)9-7-26/h4-11,16-17,19,29H,12-15,18,20H2,1-3H3,(H,34,39)(H,35,40)/t29-/m0/s1. The Morgan fingerprint density at radius 2 is 1.53 bits per heavy atom. The van der Waals surface area contributed by atoms with Crippen LogP contribution in [0.5, 0.6) is 5.75 Å². The van der Waals surface area contributed by atoms with Crippen molar-refractivity contribution in [1.29, 1.82) is 0 Å². The van der Waals surface area contributed by atoms with Crippen LogP contribution in [0.4, 0.5) is 20.2 Å². The number of ether oxygens (including phenoxy) is 1. The van der Waals surface area contributed by atoms with Crippen molar-refractivity contribution < 1.29 is 36.3 Å². The third-order valence-electron chi connectivity index (χ3n) is 7.30. The topological polar surface area (TPSA) is 128 Å². The molecule has 4 rings (SSSR count). The molecule has 3 aromatic rings. The zero-order chi connectivity index (χ0) is 32.7. The summed E-state index contributed by atoms with van der Waals surface area (Å²) in [5.74, 6) is -2.29. The second-order valence-electron chi connectivity index (χ2n) is 10.6. The van der Waals surface area contributed by atoms with Gasteiger partial charge in [0.05, 0.1) is 18.6 Å². The van der Waals surface area contributed by atoms with E-state index >= 15 is 0 Å². The Morgan fingerprint density at radius 1 is 0.933 bits per heavy atom. The molecule has 1 aliphatic rings. The van der Waals surface area contributed by atoms with E-state index in [0.717, 1.165) is 18.2 Å². The Balaban J connectivity index is 1.40. The van der Waals surface area contributed by atoms with E-state index in [9.17, 15) is 31.6 Å². The van der Waals surface area contributed by atoms with Crippen molar-refractivity contribution in [1.82, 2.24) is 14.5 Å². The van der Waals surface area contributed by atoms with E-state index < -0.39 is 39.5 Å². The number of carbonyl (C=O) groups is 3. The lowest BCUT2D eigenvalue weighted by Gasteiger charge is -2.34. The van der Waals surface area contributed by atoms with Crippen LogP contribution < -0.4 is 20.3 Å². The van der Waals surface area contributed by atoms with Crippen molar-refractivity contribution in [3.05, 3.63) is 83.9 Å². The van der Waals surface area contributed by atoms with Crippen LogP contribution in [0.15, 0.2) is 71.6 Å². The highest BCUT2D eigenvalue weighted by Gasteiger charge is 2.31. The Hall–Kier alpha value is -4.40. The molecule has 1 atom stereocenters. The van der Waals surface area contributed by atoms with Crippen molar-refractivity contribution >= 4 is 39.1 Å². The van der Waals surface area contributed by atoms with Crippen molar-refractivity contribution in [3.63, 3.8) is 0 Å². The predicted molar refractivity (Wildman–Crippen MR) is 164 cm³/mol. The molecule has 0 saturated carbocycles. The van der Waals surface area contributed by atoms with E-state index in [4.69, 9.17) is 4.74 Å². The number of hydrogen-bond acceptors (Lipinski definition) is 7. The van der Waals surface area contributed by atoms with Crippen LogP contribution in [0, 0.1) is 11.6 Å². The van der Waals surface area contributed by atoms with E-state index in [1.807, 2.05) is 0 Å². The molecule has 1 fully saturated rings. The first-order valence-corrected chi connectivity index (χ1v) is 15.6. The van der Waals surface area contributed by atoms with Crippen molar-refractivity contribution in [2.45, 2.75) is 24.3 Å². The first-order valence-electron chi connectivity index (χ1n) is 14.1. The molecule has 1 saturated heterocycles. The number of hydrogen-bond donors (Lipinski definition) is 2. The lowest BCUT2D eigenvalue weighted by Crippen LogP contribution is -2.54. The Morgan fingerprint density at radius 3 is 2.09 bits per heavy atom. The van der Waals surface area contributed by atoms with Gasteiger partial charge in [0.25, 0.3) is 0 Å². The third kappa shape index (κ3) is 8.84. The quantitative estimate of drug-likeness (QED) is 0.329. The van der Waals surface area contributed by atoms with Gasteiger partial charge in [-0.15, -0.1) is 0 Å². The van der Waals surface area contributed by atoms with E-state index in [0.29, 0.717) is 17.1 Å². The number of likely N-dealkylation sites (N-methyl/N-ethyl adjacent to an activating group) is 1. The minimum absolute atomic E-state index is 0.0823. The van der Waals surface area contributed by atoms with Crippen LogP contribution in [0.2, 0.25) is 0 Å². The smallest absolute Gasteiger partial charge is 0.249 e. The molecule has 1 aliphatic heterocycles. The van der Waals surface area contributed by atoms with Crippen LogP contribution in [-0.4, -0.2) is 88.3 Å². The van der Waals surface area contributed by atoms with Gasteiger partial charge in [-0.2, -0.15) is 4.31 Å². The lowest BCUT2D eigenvalue weighted by molar-refractivity contribution is -0.128. The number of nitrogens with one attached hydrogen (secondary N) is 2. The SMILES string of the molecule is COc1ccc(N(C)C(=O)[C@H](Cc2cc(F)cc(F)c2)NC(=O)CN2CCN(S(=O)(=O)c3ccc(NC(C)=O)cc3)CC2)cc1. The van der Waals surface area contributed by atoms with Crippen LogP contribution in [0.3, 0.4) is 0 Å². The number of rotatable bonds is 11. The molecule has 0 spiro atoms. The molecule has 3 aromatic carbocycles. The zero-order valence-corrected chi connectivity index (χ0v) is 25.9. The maximum absolute atomic E-state index is 13.9. The monoisotopic (exact) mass is 643 g/mol. The molecule has 240 valence electrons.